The summed E-state index contributed by atoms with van der Waals surface area (Å²) >= 11 is 0. The molecule has 0 saturated heterocycles. The monoisotopic (exact) mass is 281 g/mol. The zero-order chi connectivity index (χ0) is 15.1. The number of aliphatic hydroxyl groups is 1. The van der Waals surface area contributed by atoms with Gasteiger partial charge in [-0.15, -0.1) is 0 Å². The van der Waals surface area contributed by atoms with Gasteiger partial charge < -0.3 is 5.11 Å². The van der Waals surface area contributed by atoms with E-state index in [2.05, 4.69) is 6.07 Å². The van der Waals surface area contributed by atoms with Crippen LogP contribution < -0.4 is 0 Å². The molecule has 3 rings (SSSR count). The van der Waals surface area contributed by atoms with Gasteiger partial charge in [-0.05, 0) is 37.0 Å². The first-order chi connectivity index (χ1) is 10.0. The van der Waals surface area contributed by atoms with Crippen molar-refractivity contribution >= 4 is 0 Å². The molecule has 0 aromatic heterocycles. The van der Waals surface area contributed by atoms with Crippen LogP contribution in [0.15, 0.2) is 48.5 Å². The third-order valence-corrected chi connectivity index (χ3v) is 4.67. The lowest BCUT2D eigenvalue weighted by molar-refractivity contribution is -0.00720. The van der Waals surface area contributed by atoms with E-state index in [-0.39, 0.29) is 5.56 Å². The fourth-order valence-corrected chi connectivity index (χ4v) is 3.43. The number of halogens is 1. The molecule has 2 nitrogen and oxygen atoms in total. The standard InChI is InChI=1S/C18H16FNO/c1-17(21,15-8-4-5-9-16(15)19)18(12-20)11-10-13-6-2-3-7-14(13)18/h2-9,21H,10-11H2,1H3. The average molecular weight is 281 g/mol. The third kappa shape index (κ3) is 1.80. The molecule has 1 aliphatic carbocycles. The third-order valence-electron chi connectivity index (χ3n) is 4.67. The molecule has 0 amide bonds. The van der Waals surface area contributed by atoms with Crippen LogP contribution in [0.3, 0.4) is 0 Å². The summed E-state index contributed by atoms with van der Waals surface area (Å²) in [5, 5.41) is 20.9. The lowest BCUT2D eigenvalue weighted by Gasteiger charge is -2.38. The second-order valence-electron chi connectivity index (χ2n) is 5.73. The fourth-order valence-electron chi connectivity index (χ4n) is 3.43. The highest BCUT2D eigenvalue weighted by Crippen LogP contribution is 2.50. The number of nitrogens with zero attached hydrogens (tertiary/aromatic N) is 1. The largest absolute Gasteiger partial charge is 0.383 e. The van der Waals surface area contributed by atoms with E-state index in [4.69, 9.17) is 0 Å². The highest BCUT2D eigenvalue weighted by atomic mass is 19.1. The SMILES string of the molecule is CC(O)(c1ccccc1F)C1(C#N)CCc2ccccc21. The predicted molar refractivity (Wildman–Crippen MR) is 78.0 cm³/mol. The Kier molecular flexibility index (Phi) is 3.07. The van der Waals surface area contributed by atoms with E-state index >= 15 is 0 Å². The molecule has 106 valence electrons. The summed E-state index contributed by atoms with van der Waals surface area (Å²) in [6, 6.07) is 16.0. The van der Waals surface area contributed by atoms with Crippen molar-refractivity contribution in [3.05, 3.63) is 71.0 Å². The first-order valence-electron chi connectivity index (χ1n) is 7.00. The molecule has 2 aromatic carbocycles. The number of aryl methyl sites for hydroxylation is 1. The van der Waals surface area contributed by atoms with Gasteiger partial charge in [0, 0.05) is 5.56 Å². The van der Waals surface area contributed by atoms with E-state index in [9.17, 15) is 14.8 Å². The van der Waals surface area contributed by atoms with E-state index in [0.29, 0.717) is 12.8 Å². The topological polar surface area (TPSA) is 44.0 Å². The molecule has 2 aromatic rings. The molecule has 1 N–H and O–H groups in total. The maximum absolute atomic E-state index is 14.2. The first kappa shape index (κ1) is 13.8. The highest BCUT2D eigenvalue weighted by Gasteiger charge is 2.54. The molecule has 21 heavy (non-hydrogen) atoms. The van der Waals surface area contributed by atoms with Gasteiger partial charge in [-0.1, -0.05) is 42.5 Å². The van der Waals surface area contributed by atoms with Crippen LogP contribution >= 0.6 is 0 Å². The molecule has 0 spiro atoms. The molecule has 0 saturated carbocycles. The van der Waals surface area contributed by atoms with Crippen LogP contribution in [0.2, 0.25) is 0 Å². The highest BCUT2D eigenvalue weighted by molar-refractivity contribution is 5.49. The van der Waals surface area contributed by atoms with E-state index in [1.165, 1.54) is 13.0 Å². The van der Waals surface area contributed by atoms with Gasteiger partial charge in [-0.3, -0.25) is 0 Å². The van der Waals surface area contributed by atoms with Crippen molar-refractivity contribution in [3.8, 4) is 6.07 Å². The van der Waals surface area contributed by atoms with E-state index in [0.717, 1.165) is 11.1 Å². The Balaban J connectivity index is 2.22. The summed E-state index contributed by atoms with van der Waals surface area (Å²) in [4.78, 5) is 0. The summed E-state index contributed by atoms with van der Waals surface area (Å²) < 4.78 is 14.2. The molecule has 1 aliphatic rings. The minimum Gasteiger partial charge on any atom is -0.383 e. The summed E-state index contributed by atoms with van der Waals surface area (Å²) in [7, 11) is 0. The molecule has 0 heterocycles. The predicted octanol–water partition coefficient (Wildman–Crippen LogP) is 3.44. The maximum Gasteiger partial charge on any atom is 0.129 e. The first-order valence-corrected chi connectivity index (χ1v) is 7.00. The second kappa shape index (κ2) is 4.68. The van der Waals surface area contributed by atoms with Gasteiger partial charge in [0.15, 0.2) is 0 Å². The molecule has 2 atom stereocenters. The van der Waals surface area contributed by atoms with Crippen molar-refractivity contribution < 1.29 is 9.50 Å². The number of hydrogen-bond donors (Lipinski definition) is 1. The van der Waals surface area contributed by atoms with Gasteiger partial charge in [0.25, 0.3) is 0 Å². The lowest BCUT2D eigenvalue weighted by Crippen LogP contribution is -2.45. The maximum atomic E-state index is 14.2. The van der Waals surface area contributed by atoms with Gasteiger partial charge in [0.05, 0.1) is 6.07 Å². The van der Waals surface area contributed by atoms with Gasteiger partial charge in [0.2, 0.25) is 0 Å². The zero-order valence-electron chi connectivity index (χ0n) is 11.8. The molecule has 3 heteroatoms. The second-order valence-corrected chi connectivity index (χ2v) is 5.73. The van der Waals surface area contributed by atoms with E-state index in [1.807, 2.05) is 24.3 Å². The Morgan fingerprint density at radius 2 is 1.86 bits per heavy atom. The zero-order valence-corrected chi connectivity index (χ0v) is 11.8. The Morgan fingerprint density at radius 1 is 1.19 bits per heavy atom. The number of hydrogen-bond acceptors (Lipinski definition) is 2. The van der Waals surface area contributed by atoms with Crippen LogP contribution in [-0.4, -0.2) is 5.11 Å². The molecule has 2 unspecified atom stereocenters. The van der Waals surface area contributed by atoms with Crippen LogP contribution in [0.25, 0.3) is 0 Å². The minimum atomic E-state index is -1.58. The van der Waals surface area contributed by atoms with Gasteiger partial charge in [-0.25, -0.2) is 4.39 Å². The van der Waals surface area contributed by atoms with Crippen molar-refractivity contribution in [1.29, 1.82) is 5.26 Å². The van der Waals surface area contributed by atoms with Crippen molar-refractivity contribution in [2.24, 2.45) is 0 Å². The fraction of sp³-hybridized carbons (Fsp3) is 0.278. The molecule has 0 fully saturated rings. The molecule has 0 bridgehead atoms. The Morgan fingerprint density at radius 3 is 2.57 bits per heavy atom. The number of fused-ring (bicyclic) bond motifs is 1. The summed E-state index contributed by atoms with van der Waals surface area (Å²) in [5.74, 6) is -0.485. The number of benzene rings is 2. The Bertz CT molecular complexity index is 732. The lowest BCUT2D eigenvalue weighted by atomic mass is 9.66. The van der Waals surface area contributed by atoms with Crippen molar-refractivity contribution in [2.45, 2.75) is 30.8 Å². The minimum absolute atomic E-state index is 0.170. The van der Waals surface area contributed by atoms with Gasteiger partial charge in [-0.2, -0.15) is 5.26 Å². The van der Waals surface area contributed by atoms with E-state index in [1.54, 1.807) is 18.2 Å². The number of rotatable bonds is 2. The molecule has 0 aliphatic heterocycles. The summed E-state index contributed by atoms with van der Waals surface area (Å²) in [5.41, 5.74) is -0.675. The molecule has 0 radical (unpaired) electrons. The smallest absolute Gasteiger partial charge is 0.129 e. The normalized spacial score (nSPS) is 23.1. The number of nitriles is 1. The van der Waals surface area contributed by atoms with Crippen molar-refractivity contribution in [3.63, 3.8) is 0 Å². The Labute approximate surface area is 123 Å². The van der Waals surface area contributed by atoms with Crippen LogP contribution in [0.5, 0.6) is 0 Å². The quantitative estimate of drug-likeness (QED) is 0.916. The molecular weight excluding hydrogens is 265 g/mol. The van der Waals surface area contributed by atoms with Crippen LogP contribution in [-0.2, 0) is 17.4 Å². The van der Waals surface area contributed by atoms with Crippen molar-refractivity contribution in [1.82, 2.24) is 0 Å². The molecular formula is C18H16FNO. The van der Waals surface area contributed by atoms with Crippen LogP contribution in [0, 0.1) is 17.1 Å². The van der Waals surface area contributed by atoms with E-state index < -0.39 is 16.8 Å². The average Bonchev–Trinajstić information content (AvgIpc) is 2.88. The van der Waals surface area contributed by atoms with Gasteiger partial charge >= 0.3 is 0 Å². The summed E-state index contributed by atoms with van der Waals surface area (Å²) in [6.45, 7) is 1.54. The summed E-state index contributed by atoms with van der Waals surface area (Å²) in [6.07, 6.45) is 1.21. The van der Waals surface area contributed by atoms with Crippen LogP contribution in [0.1, 0.15) is 30.0 Å². The van der Waals surface area contributed by atoms with Crippen LogP contribution in [0.4, 0.5) is 4.39 Å². The Hall–Kier alpha value is -2.18. The van der Waals surface area contributed by atoms with Crippen molar-refractivity contribution in [2.75, 3.05) is 0 Å². The van der Waals surface area contributed by atoms with Gasteiger partial charge in [0.1, 0.15) is 16.8 Å².